The first-order valence-electron chi connectivity index (χ1n) is 4.58. The lowest BCUT2D eigenvalue weighted by molar-refractivity contribution is 0.628. The molecule has 3 heteroatoms. The standard InChI is InChI=1S/C12H11FN2/c13-9-4-5-12(15)11(7-9)8-2-1-3-10(14)6-8/h1-7H,14-15H2. The fourth-order valence-corrected chi connectivity index (χ4v) is 1.48. The zero-order valence-electron chi connectivity index (χ0n) is 8.07. The summed E-state index contributed by atoms with van der Waals surface area (Å²) in [6.45, 7) is 0. The summed E-state index contributed by atoms with van der Waals surface area (Å²) in [7, 11) is 0. The minimum atomic E-state index is -0.304. The van der Waals surface area contributed by atoms with Gasteiger partial charge < -0.3 is 11.5 Å². The lowest BCUT2D eigenvalue weighted by Crippen LogP contribution is -1.92. The molecule has 0 bridgehead atoms. The second-order valence-electron chi connectivity index (χ2n) is 3.36. The molecule has 15 heavy (non-hydrogen) atoms. The van der Waals surface area contributed by atoms with Crippen LogP contribution in [0.1, 0.15) is 0 Å². The number of nitrogens with two attached hydrogens (primary N) is 2. The molecule has 2 rings (SSSR count). The van der Waals surface area contributed by atoms with Crippen LogP contribution in [0.15, 0.2) is 42.5 Å². The van der Waals surface area contributed by atoms with Crippen LogP contribution in [0.3, 0.4) is 0 Å². The van der Waals surface area contributed by atoms with E-state index in [1.54, 1.807) is 18.2 Å². The van der Waals surface area contributed by atoms with Gasteiger partial charge in [-0.25, -0.2) is 4.39 Å². The van der Waals surface area contributed by atoms with Crippen molar-refractivity contribution in [3.05, 3.63) is 48.3 Å². The smallest absolute Gasteiger partial charge is 0.123 e. The summed E-state index contributed by atoms with van der Waals surface area (Å²) in [5, 5.41) is 0. The van der Waals surface area contributed by atoms with Crippen LogP contribution in [0.5, 0.6) is 0 Å². The average Bonchev–Trinajstić information content (AvgIpc) is 2.22. The van der Waals surface area contributed by atoms with Gasteiger partial charge in [-0.2, -0.15) is 0 Å². The quantitative estimate of drug-likeness (QED) is 0.698. The van der Waals surface area contributed by atoms with Gasteiger partial charge in [-0.1, -0.05) is 12.1 Å². The Kier molecular flexibility index (Phi) is 2.29. The highest BCUT2D eigenvalue weighted by molar-refractivity contribution is 5.77. The Morgan fingerprint density at radius 3 is 2.47 bits per heavy atom. The SMILES string of the molecule is Nc1cccc(-c2cc(F)ccc2N)c1. The third-order valence-corrected chi connectivity index (χ3v) is 2.21. The van der Waals surface area contributed by atoms with E-state index in [-0.39, 0.29) is 5.82 Å². The Morgan fingerprint density at radius 1 is 0.933 bits per heavy atom. The maximum Gasteiger partial charge on any atom is 0.123 e. The molecule has 0 aliphatic heterocycles. The largest absolute Gasteiger partial charge is 0.399 e. The highest BCUT2D eigenvalue weighted by Crippen LogP contribution is 2.27. The van der Waals surface area contributed by atoms with Crippen molar-refractivity contribution in [2.45, 2.75) is 0 Å². The number of hydrogen-bond acceptors (Lipinski definition) is 2. The predicted molar refractivity (Wildman–Crippen MR) is 60.7 cm³/mol. The van der Waals surface area contributed by atoms with Gasteiger partial charge in [0.15, 0.2) is 0 Å². The van der Waals surface area contributed by atoms with Crippen molar-refractivity contribution in [1.82, 2.24) is 0 Å². The molecule has 0 heterocycles. The van der Waals surface area contributed by atoms with Gasteiger partial charge in [-0.05, 0) is 35.9 Å². The number of hydrogen-bond donors (Lipinski definition) is 2. The van der Waals surface area contributed by atoms with Gasteiger partial charge in [0.05, 0.1) is 0 Å². The molecule has 0 amide bonds. The number of anilines is 2. The Labute approximate surface area is 87.3 Å². The minimum absolute atomic E-state index is 0.304. The zero-order valence-corrected chi connectivity index (χ0v) is 8.07. The Bertz CT molecular complexity index is 495. The molecule has 2 nitrogen and oxygen atoms in total. The van der Waals surface area contributed by atoms with Gasteiger partial charge in [-0.15, -0.1) is 0 Å². The Morgan fingerprint density at radius 2 is 1.73 bits per heavy atom. The number of nitrogen functional groups attached to an aromatic ring is 2. The second kappa shape index (κ2) is 3.61. The fraction of sp³-hybridized carbons (Fsp3) is 0. The van der Waals surface area contributed by atoms with Crippen LogP contribution in [0.4, 0.5) is 15.8 Å². The van der Waals surface area contributed by atoms with E-state index in [0.717, 1.165) is 5.56 Å². The van der Waals surface area contributed by atoms with E-state index in [2.05, 4.69) is 0 Å². The third kappa shape index (κ3) is 1.91. The van der Waals surface area contributed by atoms with E-state index in [0.29, 0.717) is 16.9 Å². The molecule has 0 radical (unpaired) electrons. The molecule has 0 aliphatic carbocycles. The average molecular weight is 202 g/mol. The molecule has 2 aromatic carbocycles. The molecule has 2 aromatic rings. The monoisotopic (exact) mass is 202 g/mol. The number of benzene rings is 2. The zero-order chi connectivity index (χ0) is 10.8. The molecule has 4 N–H and O–H groups in total. The summed E-state index contributed by atoms with van der Waals surface area (Å²) in [4.78, 5) is 0. The van der Waals surface area contributed by atoms with Crippen molar-refractivity contribution >= 4 is 11.4 Å². The molecule has 76 valence electrons. The first-order chi connectivity index (χ1) is 7.16. The van der Waals surface area contributed by atoms with Gasteiger partial charge in [0.2, 0.25) is 0 Å². The second-order valence-corrected chi connectivity index (χ2v) is 3.36. The molecule has 0 saturated carbocycles. The van der Waals surface area contributed by atoms with Gasteiger partial charge in [0.25, 0.3) is 0 Å². The van der Waals surface area contributed by atoms with Gasteiger partial charge >= 0.3 is 0 Å². The molecule has 0 spiro atoms. The molecule has 0 saturated heterocycles. The summed E-state index contributed by atoms with van der Waals surface area (Å²) in [6, 6.07) is 11.5. The highest BCUT2D eigenvalue weighted by atomic mass is 19.1. The lowest BCUT2D eigenvalue weighted by atomic mass is 10.0. The van der Waals surface area contributed by atoms with Crippen molar-refractivity contribution in [3.8, 4) is 11.1 Å². The number of halogens is 1. The predicted octanol–water partition coefficient (Wildman–Crippen LogP) is 2.66. The lowest BCUT2D eigenvalue weighted by Gasteiger charge is -2.06. The minimum Gasteiger partial charge on any atom is -0.399 e. The van der Waals surface area contributed by atoms with E-state index in [9.17, 15) is 4.39 Å². The van der Waals surface area contributed by atoms with Crippen LogP contribution in [-0.2, 0) is 0 Å². The third-order valence-electron chi connectivity index (χ3n) is 2.21. The summed E-state index contributed by atoms with van der Waals surface area (Å²) in [5.41, 5.74) is 14.1. The van der Waals surface area contributed by atoms with Gasteiger partial charge in [0, 0.05) is 16.9 Å². The van der Waals surface area contributed by atoms with Crippen molar-refractivity contribution in [2.75, 3.05) is 11.5 Å². The van der Waals surface area contributed by atoms with Crippen LogP contribution < -0.4 is 11.5 Å². The van der Waals surface area contributed by atoms with Crippen LogP contribution >= 0.6 is 0 Å². The first-order valence-corrected chi connectivity index (χ1v) is 4.58. The molecular formula is C12H11FN2. The Hall–Kier alpha value is -2.03. The Balaban J connectivity index is 2.58. The summed E-state index contributed by atoms with van der Waals surface area (Å²) >= 11 is 0. The molecule has 0 aliphatic rings. The van der Waals surface area contributed by atoms with Crippen LogP contribution in [0, 0.1) is 5.82 Å². The normalized spacial score (nSPS) is 10.2. The molecule has 0 unspecified atom stereocenters. The van der Waals surface area contributed by atoms with E-state index in [1.165, 1.54) is 12.1 Å². The van der Waals surface area contributed by atoms with E-state index in [1.807, 2.05) is 12.1 Å². The maximum absolute atomic E-state index is 13.0. The van der Waals surface area contributed by atoms with E-state index < -0.39 is 0 Å². The van der Waals surface area contributed by atoms with Gasteiger partial charge in [0.1, 0.15) is 5.82 Å². The maximum atomic E-state index is 13.0. The first kappa shape index (κ1) is 9.52. The van der Waals surface area contributed by atoms with Crippen LogP contribution in [-0.4, -0.2) is 0 Å². The van der Waals surface area contributed by atoms with Crippen molar-refractivity contribution in [3.63, 3.8) is 0 Å². The van der Waals surface area contributed by atoms with Crippen molar-refractivity contribution < 1.29 is 4.39 Å². The summed E-state index contributed by atoms with van der Waals surface area (Å²) in [6.07, 6.45) is 0. The van der Waals surface area contributed by atoms with Crippen molar-refractivity contribution in [2.24, 2.45) is 0 Å². The van der Waals surface area contributed by atoms with Crippen molar-refractivity contribution in [1.29, 1.82) is 0 Å². The summed E-state index contributed by atoms with van der Waals surface area (Å²) in [5.74, 6) is -0.304. The molecule has 0 fully saturated rings. The summed E-state index contributed by atoms with van der Waals surface area (Å²) < 4.78 is 13.0. The van der Waals surface area contributed by atoms with E-state index >= 15 is 0 Å². The fourth-order valence-electron chi connectivity index (χ4n) is 1.48. The van der Waals surface area contributed by atoms with Gasteiger partial charge in [-0.3, -0.25) is 0 Å². The molecule has 0 atom stereocenters. The topological polar surface area (TPSA) is 52.0 Å². The van der Waals surface area contributed by atoms with E-state index in [4.69, 9.17) is 11.5 Å². The molecular weight excluding hydrogens is 191 g/mol. The molecule has 0 aromatic heterocycles. The van der Waals surface area contributed by atoms with Crippen LogP contribution in [0.25, 0.3) is 11.1 Å². The highest BCUT2D eigenvalue weighted by Gasteiger charge is 2.04. The number of rotatable bonds is 1. The van der Waals surface area contributed by atoms with Crippen LogP contribution in [0.2, 0.25) is 0 Å².